The smallest absolute Gasteiger partial charge is 0.268 e. The van der Waals surface area contributed by atoms with E-state index in [1.54, 1.807) is 17.5 Å². The van der Waals surface area contributed by atoms with Gasteiger partial charge in [-0.3, -0.25) is 9.78 Å². The number of nitrogens with zero attached hydrogens (tertiary/aromatic N) is 2. The maximum Gasteiger partial charge on any atom is 0.268 e. The number of hydrogen-bond acceptors (Lipinski definition) is 4. The van der Waals surface area contributed by atoms with E-state index >= 15 is 0 Å². The van der Waals surface area contributed by atoms with Gasteiger partial charge in [-0.1, -0.05) is 24.3 Å². The summed E-state index contributed by atoms with van der Waals surface area (Å²) >= 11 is 1.69. The zero-order valence-corrected chi connectivity index (χ0v) is 16.4. The average Bonchev–Trinajstić information content (AvgIpc) is 3.24. The van der Waals surface area contributed by atoms with Crippen LogP contribution in [0.15, 0.2) is 66.9 Å². The van der Waals surface area contributed by atoms with E-state index in [9.17, 15) is 4.79 Å². The highest BCUT2D eigenvalue weighted by Gasteiger charge is 2.17. The van der Waals surface area contributed by atoms with Gasteiger partial charge in [-0.25, -0.2) is 0 Å². The predicted octanol–water partition coefficient (Wildman–Crippen LogP) is 4.42. The van der Waals surface area contributed by atoms with E-state index in [2.05, 4.69) is 23.3 Å². The summed E-state index contributed by atoms with van der Waals surface area (Å²) in [6.07, 6.45) is 1.73. The van der Waals surface area contributed by atoms with E-state index in [0.717, 1.165) is 21.7 Å². The standard InChI is InChI=1S/C22H21N3O2S/c1-16-13-19-21(28-16)14-20(22(26)24-15-17-7-5-6-10-23-17)25(19)11-12-27-18-8-3-2-4-9-18/h2-10,13-14H,11-12,15H2,1H3,(H,24,26). The Morgan fingerprint density at radius 1 is 1.14 bits per heavy atom. The molecule has 0 saturated carbocycles. The van der Waals surface area contributed by atoms with Gasteiger partial charge in [0.15, 0.2) is 0 Å². The van der Waals surface area contributed by atoms with Gasteiger partial charge in [0.25, 0.3) is 5.91 Å². The lowest BCUT2D eigenvalue weighted by atomic mass is 10.3. The van der Waals surface area contributed by atoms with Crippen molar-refractivity contribution in [2.24, 2.45) is 0 Å². The van der Waals surface area contributed by atoms with Crippen LogP contribution in [0.5, 0.6) is 5.75 Å². The lowest BCUT2D eigenvalue weighted by Crippen LogP contribution is -2.26. The Balaban J connectivity index is 1.51. The molecule has 28 heavy (non-hydrogen) atoms. The first-order valence-corrected chi connectivity index (χ1v) is 9.98. The van der Waals surface area contributed by atoms with Crippen LogP contribution in [0.2, 0.25) is 0 Å². The van der Waals surface area contributed by atoms with Gasteiger partial charge in [-0.2, -0.15) is 0 Å². The highest BCUT2D eigenvalue weighted by Crippen LogP contribution is 2.28. The summed E-state index contributed by atoms with van der Waals surface area (Å²) in [5, 5.41) is 2.97. The van der Waals surface area contributed by atoms with E-state index in [1.807, 2.05) is 59.2 Å². The van der Waals surface area contributed by atoms with E-state index in [-0.39, 0.29) is 5.91 Å². The Hall–Kier alpha value is -3.12. The van der Waals surface area contributed by atoms with Crippen molar-refractivity contribution in [3.63, 3.8) is 0 Å². The molecule has 4 aromatic rings. The molecule has 6 heteroatoms. The molecule has 0 spiro atoms. The number of aromatic nitrogens is 2. The zero-order chi connectivity index (χ0) is 19.3. The maximum atomic E-state index is 12.8. The van der Waals surface area contributed by atoms with Crippen molar-refractivity contribution in [3.8, 4) is 5.75 Å². The minimum Gasteiger partial charge on any atom is -0.492 e. The molecule has 0 radical (unpaired) electrons. The molecule has 0 aliphatic heterocycles. The van der Waals surface area contributed by atoms with Gasteiger partial charge in [0.05, 0.1) is 29.0 Å². The lowest BCUT2D eigenvalue weighted by Gasteiger charge is -2.12. The number of aryl methyl sites for hydroxylation is 1. The third-order valence-corrected chi connectivity index (χ3v) is 5.42. The van der Waals surface area contributed by atoms with Crippen molar-refractivity contribution in [1.29, 1.82) is 0 Å². The van der Waals surface area contributed by atoms with Crippen molar-refractivity contribution in [3.05, 3.63) is 83.1 Å². The number of para-hydroxylation sites is 1. The topological polar surface area (TPSA) is 56.2 Å². The number of rotatable bonds is 7. The third-order valence-electron chi connectivity index (χ3n) is 4.43. The zero-order valence-electron chi connectivity index (χ0n) is 15.6. The fraction of sp³-hybridized carbons (Fsp3) is 0.182. The van der Waals surface area contributed by atoms with Crippen LogP contribution in [-0.2, 0) is 13.1 Å². The van der Waals surface area contributed by atoms with Crippen LogP contribution >= 0.6 is 11.3 Å². The molecule has 3 heterocycles. The molecule has 4 rings (SSSR count). The van der Waals surface area contributed by atoms with Crippen molar-refractivity contribution < 1.29 is 9.53 Å². The number of carbonyl (C=O) groups is 1. The van der Waals surface area contributed by atoms with Crippen LogP contribution in [0.4, 0.5) is 0 Å². The largest absolute Gasteiger partial charge is 0.492 e. The van der Waals surface area contributed by atoms with Gasteiger partial charge < -0.3 is 14.6 Å². The van der Waals surface area contributed by atoms with Crippen molar-refractivity contribution >= 4 is 27.5 Å². The van der Waals surface area contributed by atoms with Gasteiger partial charge in [0, 0.05) is 11.1 Å². The Morgan fingerprint density at radius 2 is 1.96 bits per heavy atom. The highest BCUT2D eigenvalue weighted by molar-refractivity contribution is 7.19. The van der Waals surface area contributed by atoms with Gasteiger partial charge in [-0.15, -0.1) is 11.3 Å². The summed E-state index contributed by atoms with van der Waals surface area (Å²) in [5.74, 6) is 0.722. The number of fused-ring (bicyclic) bond motifs is 1. The van der Waals surface area contributed by atoms with Crippen LogP contribution in [0.25, 0.3) is 10.2 Å². The average molecular weight is 391 g/mol. The van der Waals surface area contributed by atoms with Crippen molar-refractivity contribution in [2.45, 2.75) is 20.0 Å². The molecule has 1 aromatic carbocycles. The quantitative estimate of drug-likeness (QED) is 0.507. The molecule has 0 atom stereocenters. The monoisotopic (exact) mass is 391 g/mol. The van der Waals surface area contributed by atoms with Crippen molar-refractivity contribution in [1.82, 2.24) is 14.9 Å². The minimum absolute atomic E-state index is 0.105. The second-order valence-electron chi connectivity index (χ2n) is 6.45. The van der Waals surface area contributed by atoms with Crippen molar-refractivity contribution in [2.75, 3.05) is 6.61 Å². The van der Waals surface area contributed by atoms with Gasteiger partial charge in [0.1, 0.15) is 18.1 Å². The molecular weight excluding hydrogens is 370 g/mol. The summed E-state index contributed by atoms with van der Waals surface area (Å²) in [5.41, 5.74) is 2.55. The number of thiophene rings is 1. The summed E-state index contributed by atoms with van der Waals surface area (Å²) in [6, 6.07) is 19.5. The lowest BCUT2D eigenvalue weighted by molar-refractivity contribution is 0.0940. The molecule has 3 aromatic heterocycles. The van der Waals surface area contributed by atoms with Gasteiger partial charge >= 0.3 is 0 Å². The number of amides is 1. The van der Waals surface area contributed by atoms with Crippen LogP contribution in [0.1, 0.15) is 21.1 Å². The number of nitrogens with one attached hydrogen (secondary N) is 1. The summed E-state index contributed by atoms with van der Waals surface area (Å²) in [6.45, 7) is 3.57. The molecule has 0 bridgehead atoms. The molecule has 142 valence electrons. The van der Waals surface area contributed by atoms with E-state index in [4.69, 9.17) is 4.74 Å². The Bertz CT molecular complexity index is 1070. The first-order chi connectivity index (χ1) is 13.7. The molecule has 1 N–H and O–H groups in total. The number of carbonyl (C=O) groups excluding carboxylic acids is 1. The number of ether oxygens (including phenoxy) is 1. The number of benzene rings is 1. The third kappa shape index (κ3) is 4.07. The summed E-state index contributed by atoms with van der Waals surface area (Å²) in [4.78, 5) is 18.3. The molecular formula is C22H21N3O2S. The fourth-order valence-electron chi connectivity index (χ4n) is 3.13. The molecule has 0 unspecified atom stereocenters. The summed E-state index contributed by atoms with van der Waals surface area (Å²) in [7, 11) is 0. The number of hydrogen-bond donors (Lipinski definition) is 1. The first-order valence-electron chi connectivity index (χ1n) is 9.16. The predicted molar refractivity (Wildman–Crippen MR) is 112 cm³/mol. The van der Waals surface area contributed by atoms with Gasteiger partial charge in [-0.05, 0) is 43.3 Å². The second kappa shape index (κ2) is 8.27. The minimum atomic E-state index is -0.105. The Morgan fingerprint density at radius 3 is 2.75 bits per heavy atom. The normalized spacial score (nSPS) is 10.9. The Labute approximate surface area is 167 Å². The first kappa shape index (κ1) is 18.3. The molecule has 1 amide bonds. The molecule has 0 aliphatic rings. The highest BCUT2D eigenvalue weighted by atomic mass is 32.1. The van der Waals surface area contributed by atoms with E-state index < -0.39 is 0 Å². The molecule has 0 fully saturated rings. The van der Waals surface area contributed by atoms with Crippen LogP contribution in [-0.4, -0.2) is 22.1 Å². The molecule has 0 saturated heterocycles. The Kier molecular flexibility index (Phi) is 5.39. The van der Waals surface area contributed by atoms with Crippen LogP contribution in [0, 0.1) is 6.92 Å². The second-order valence-corrected chi connectivity index (χ2v) is 7.74. The SMILES string of the molecule is Cc1cc2c(cc(C(=O)NCc3ccccn3)n2CCOc2ccccc2)s1. The van der Waals surface area contributed by atoms with E-state index in [1.165, 1.54) is 4.88 Å². The fourth-order valence-corrected chi connectivity index (χ4v) is 4.09. The van der Waals surface area contributed by atoms with Gasteiger partial charge in [0.2, 0.25) is 0 Å². The number of pyridine rings is 1. The van der Waals surface area contributed by atoms with Crippen LogP contribution in [0.3, 0.4) is 0 Å². The maximum absolute atomic E-state index is 12.8. The molecule has 0 aliphatic carbocycles. The summed E-state index contributed by atoms with van der Waals surface area (Å²) < 4.78 is 8.99. The molecule has 5 nitrogen and oxygen atoms in total. The van der Waals surface area contributed by atoms with E-state index in [0.29, 0.717) is 25.4 Å². The van der Waals surface area contributed by atoms with Crippen LogP contribution < -0.4 is 10.1 Å².